The van der Waals surface area contributed by atoms with E-state index < -0.39 is 0 Å². The molecule has 80 valence electrons. The molecule has 2 rings (SSSR count). The second-order valence-electron chi connectivity index (χ2n) is 3.15. The Morgan fingerprint density at radius 1 is 1.38 bits per heavy atom. The van der Waals surface area contributed by atoms with Crippen LogP contribution in [0.2, 0.25) is 0 Å². The van der Waals surface area contributed by atoms with Crippen LogP contribution in [0.15, 0.2) is 49.1 Å². The first-order valence-corrected chi connectivity index (χ1v) is 4.66. The van der Waals surface area contributed by atoms with Crippen molar-refractivity contribution >= 4 is 11.6 Å². The molecule has 5 nitrogen and oxygen atoms in total. The second kappa shape index (κ2) is 4.39. The highest BCUT2D eigenvalue weighted by molar-refractivity contribution is 6.03. The van der Waals surface area contributed by atoms with Crippen LogP contribution >= 0.6 is 0 Å². The van der Waals surface area contributed by atoms with Crippen LogP contribution in [0.1, 0.15) is 10.4 Å². The number of rotatable bonds is 2. The molecule has 0 atom stereocenters. The van der Waals surface area contributed by atoms with Gasteiger partial charge in [0, 0.05) is 12.3 Å². The van der Waals surface area contributed by atoms with Gasteiger partial charge in [0.1, 0.15) is 5.56 Å². The van der Waals surface area contributed by atoms with Gasteiger partial charge in [-0.2, -0.15) is 4.73 Å². The van der Waals surface area contributed by atoms with Crippen LogP contribution in [0.5, 0.6) is 0 Å². The lowest BCUT2D eigenvalue weighted by molar-refractivity contribution is -0.605. The largest absolute Gasteiger partial charge is 0.619 e. The summed E-state index contributed by atoms with van der Waals surface area (Å²) in [4.78, 5) is 15.5. The van der Waals surface area contributed by atoms with Crippen molar-refractivity contribution in [2.75, 3.05) is 5.32 Å². The molecule has 0 aliphatic heterocycles. The van der Waals surface area contributed by atoms with E-state index in [1.54, 1.807) is 24.4 Å². The number of hydrogen-bond acceptors (Lipinski definition) is 3. The third-order valence-corrected chi connectivity index (χ3v) is 1.96. The van der Waals surface area contributed by atoms with Gasteiger partial charge in [-0.1, -0.05) is 0 Å². The number of carbonyl (C=O) groups excluding carboxylic acids is 1. The SMILES string of the molecule is O=C(Nc1cccnc1)c1ccc[n+]([O-])c1. The Morgan fingerprint density at radius 3 is 2.94 bits per heavy atom. The molecule has 0 radical (unpaired) electrons. The lowest BCUT2D eigenvalue weighted by Gasteiger charge is -2.03. The van der Waals surface area contributed by atoms with Gasteiger partial charge in [0.05, 0.1) is 11.9 Å². The van der Waals surface area contributed by atoms with Gasteiger partial charge in [0.2, 0.25) is 0 Å². The Kier molecular flexibility index (Phi) is 2.77. The van der Waals surface area contributed by atoms with Gasteiger partial charge in [-0.3, -0.25) is 9.78 Å². The van der Waals surface area contributed by atoms with E-state index in [1.807, 2.05) is 0 Å². The van der Waals surface area contributed by atoms with Crippen LogP contribution in [0.3, 0.4) is 0 Å². The van der Waals surface area contributed by atoms with Crippen LogP contribution in [0, 0.1) is 5.21 Å². The van der Waals surface area contributed by atoms with Crippen LogP contribution in [-0.2, 0) is 0 Å². The van der Waals surface area contributed by atoms with Crippen molar-refractivity contribution in [3.8, 4) is 0 Å². The number of nitrogens with zero attached hydrogens (tertiary/aromatic N) is 2. The zero-order valence-corrected chi connectivity index (χ0v) is 8.33. The Labute approximate surface area is 92.0 Å². The summed E-state index contributed by atoms with van der Waals surface area (Å²) in [6.45, 7) is 0. The van der Waals surface area contributed by atoms with Crippen LogP contribution in [-0.4, -0.2) is 10.9 Å². The highest BCUT2D eigenvalue weighted by atomic mass is 16.5. The molecule has 0 saturated carbocycles. The summed E-state index contributed by atoms with van der Waals surface area (Å²) in [6.07, 6.45) is 5.68. The fourth-order valence-corrected chi connectivity index (χ4v) is 1.23. The molecule has 2 heterocycles. The van der Waals surface area contributed by atoms with Gasteiger partial charge in [0.25, 0.3) is 5.91 Å². The maximum absolute atomic E-state index is 11.7. The molecular formula is C11H9N3O2. The first kappa shape index (κ1) is 10.1. The summed E-state index contributed by atoms with van der Waals surface area (Å²) in [5.41, 5.74) is 0.898. The lowest BCUT2D eigenvalue weighted by atomic mass is 10.2. The van der Waals surface area contributed by atoms with Gasteiger partial charge in [0.15, 0.2) is 12.4 Å². The minimum atomic E-state index is -0.335. The maximum Gasteiger partial charge on any atom is 0.261 e. The fraction of sp³-hybridized carbons (Fsp3) is 0. The number of nitrogens with one attached hydrogen (secondary N) is 1. The normalized spacial score (nSPS) is 9.75. The van der Waals surface area contributed by atoms with Crippen LogP contribution in [0.4, 0.5) is 5.69 Å². The van der Waals surface area contributed by atoms with Crippen LogP contribution in [0.25, 0.3) is 0 Å². The van der Waals surface area contributed by atoms with Crippen molar-refractivity contribution in [1.29, 1.82) is 0 Å². The molecular weight excluding hydrogens is 206 g/mol. The van der Waals surface area contributed by atoms with Crippen molar-refractivity contribution in [2.24, 2.45) is 0 Å². The predicted molar refractivity (Wildman–Crippen MR) is 57.6 cm³/mol. The van der Waals surface area contributed by atoms with Crippen molar-refractivity contribution in [1.82, 2.24) is 4.98 Å². The number of carbonyl (C=O) groups is 1. The van der Waals surface area contributed by atoms with Crippen molar-refractivity contribution < 1.29 is 9.52 Å². The van der Waals surface area contributed by atoms with Gasteiger partial charge in [-0.05, 0) is 18.2 Å². The number of anilines is 1. The van der Waals surface area contributed by atoms with E-state index in [1.165, 1.54) is 24.7 Å². The van der Waals surface area contributed by atoms with E-state index in [0.29, 0.717) is 16.0 Å². The standard InChI is InChI=1S/C11H9N3O2/c15-11(9-3-2-6-14(16)8-9)13-10-4-1-5-12-7-10/h1-8H,(H,13,15). The predicted octanol–water partition coefficient (Wildman–Crippen LogP) is 0.967. The summed E-state index contributed by atoms with van der Waals surface area (Å²) >= 11 is 0. The molecule has 1 amide bonds. The zero-order valence-electron chi connectivity index (χ0n) is 8.33. The van der Waals surface area contributed by atoms with E-state index in [2.05, 4.69) is 10.3 Å². The molecule has 0 spiro atoms. The summed E-state index contributed by atoms with van der Waals surface area (Å²) in [7, 11) is 0. The lowest BCUT2D eigenvalue weighted by Crippen LogP contribution is -2.27. The Morgan fingerprint density at radius 2 is 2.25 bits per heavy atom. The molecule has 0 saturated heterocycles. The molecule has 0 aliphatic carbocycles. The summed E-state index contributed by atoms with van der Waals surface area (Å²) < 4.78 is 0.582. The van der Waals surface area contributed by atoms with Gasteiger partial charge in [-0.25, -0.2) is 0 Å². The monoisotopic (exact) mass is 215 g/mol. The number of aromatic nitrogens is 2. The molecule has 2 aromatic rings. The number of amides is 1. The van der Waals surface area contributed by atoms with Crippen molar-refractivity contribution in [2.45, 2.75) is 0 Å². The smallest absolute Gasteiger partial charge is 0.261 e. The first-order chi connectivity index (χ1) is 7.75. The topological polar surface area (TPSA) is 68.9 Å². The molecule has 16 heavy (non-hydrogen) atoms. The third kappa shape index (κ3) is 2.33. The molecule has 0 bridgehead atoms. The van der Waals surface area contributed by atoms with E-state index in [4.69, 9.17) is 0 Å². The minimum Gasteiger partial charge on any atom is -0.619 e. The molecule has 0 unspecified atom stereocenters. The highest BCUT2D eigenvalue weighted by Gasteiger charge is 2.08. The van der Waals surface area contributed by atoms with E-state index in [0.717, 1.165) is 0 Å². The van der Waals surface area contributed by atoms with Crippen LogP contribution < -0.4 is 10.0 Å². The quantitative estimate of drug-likeness (QED) is 0.599. The van der Waals surface area contributed by atoms with Gasteiger partial charge >= 0.3 is 0 Å². The Hall–Kier alpha value is -2.43. The maximum atomic E-state index is 11.7. The molecule has 0 aliphatic rings. The summed E-state index contributed by atoms with van der Waals surface area (Å²) in [6, 6.07) is 6.53. The highest BCUT2D eigenvalue weighted by Crippen LogP contribution is 2.05. The summed E-state index contributed by atoms with van der Waals surface area (Å²) in [5, 5.41) is 13.6. The molecule has 0 fully saturated rings. The number of pyridine rings is 2. The first-order valence-electron chi connectivity index (χ1n) is 4.66. The van der Waals surface area contributed by atoms with E-state index >= 15 is 0 Å². The molecule has 5 heteroatoms. The van der Waals surface area contributed by atoms with Crippen molar-refractivity contribution in [3.63, 3.8) is 0 Å². The van der Waals surface area contributed by atoms with Gasteiger partial charge < -0.3 is 10.5 Å². The molecule has 0 aromatic carbocycles. The average Bonchev–Trinajstić information content (AvgIpc) is 2.30. The summed E-state index contributed by atoms with van der Waals surface area (Å²) in [5.74, 6) is -0.335. The fourth-order valence-electron chi connectivity index (χ4n) is 1.23. The number of hydrogen-bond donors (Lipinski definition) is 1. The zero-order chi connectivity index (χ0) is 11.4. The average molecular weight is 215 g/mol. The van der Waals surface area contributed by atoms with Crippen molar-refractivity contribution in [3.05, 3.63) is 59.8 Å². The Balaban J connectivity index is 2.15. The second-order valence-corrected chi connectivity index (χ2v) is 3.15. The van der Waals surface area contributed by atoms with Gasteiger partial charge in [-0.15, -0.1) is 0 Å². The Bertz CT molecular complexity index is 500. The minimum absolute atomic E-state index is 0.307. The molecule has 2 aromatic heterocycles. The third-order valence-electron chi connectivity index (χ3n) is 1.96. The van der Waals surface area contributed by atoms with E-state index in [-0.39, 0.29) is 5.91 Å². The molecule has 1 N–H and O–H groups in total. The van der Waals surface area contributed by atoms with E-state index in [9.17, 15) is 10.0 Å².